The maximum Gasteiger partial charge on any atom is 0.407 e. The molecule has 1 amide bonds. The lowest BCUT2D eigenvalue weighted by Crippen LogP contribution is -2.42. The predicted molar refractivity (Wildman–Crippen MR) is 97.9 cm³/mol. The summed E-state index contributed by atoms with van der Waals surface area (Å²) in [5, 5.41) is 6.61. The molecule has 0 spiro atoms. The third-order valence-corrected chi connectivity index (χ3v) is 4.50. The van der Waals surface area contributed by atoms with Crippen molar-refractivity contribution in [2.24, 2.45) is 0 Å². The van der Waals surface area contributed by atoms with E-state index < -0.39 is 5.60 Å². The molecule has 0 unspecified atom stereocenters. The third-order valence-electron chi connectivity index (χ3n) is 4.01. The molecule has 5 heteroatoms. The molecular weight excluding hydrogens is 356 g/mol. The van der Waals surface area contributed by atoms with E-state index in [1.54, 1.807) is 0 Å². The highest BCUT2D eigenvalue weighted by Gasteiger charge is 2.24. The van der Waals surface area contributed by atoms with Crippen molar-refractivity contribution in [1.82, 2.24) is 5.32 Å². The van der Waals surface area contributed by atoms with Gasteiger partial charge in [-0.25, -0.2) is 4.79 Å². The third kappa shape index (κ3) is 6.05. The van der Waals surface area contributed by atoms with Crippen LogP contribution in [0.5, 0.6) is 0 Å². The number of carbonyl (C=O) groups is 1. The molecule has 0 saturated heterocycles. The van der Waals surface area contributed by atoms with Crippen LogP contribution in [-0.2, 0) is 4.74 Å². The van der Waals surface area contributed by atoms with Gasteiger partial charge in [-0.2, -0.15) is 0 Å². The van der Waals surface area contributed by atoms with Crippen LogP contribution in [0.25, 0.3) is 0 Å². The Hall–Kier alpha value is -1.23. The van der Waals surface area contributed by atoms with Gasteiger partial charge in [0, 0.05) is 22.2 Å². The van der Waals surface area contributed by atoms with E-state index in [0.29, 0.717) is 6.04 Å². The number of nitrogens with one attached hydrogen (secondary N) is 2. The number of amides is 1. The fraction of sp³-hybridized carbons (Fsp3) is 0.611. The van der Waals surface area contributed by atoms with E-state index in [-0.39, 0.29) is 12.1 Å². The van der Waals surface area contributed by atoms with Crippen molar-refractivity contribution in [3.8, 4) is 0 Å². The molecule has 1 saturated carbocycles. The van der Waals surface area contributed by atoms with Gasteiger partial charge in [0.25, 0.3) is 0 Å². The van der Waals surface area contributed by atoms with Gasteiger partial charge in [0.1, 0.15) is 5.60 Å². The highest BCUT2D eigenvalue weighted by molar-refractivity contribution is 9.10. The van der Waals surface area contributed by atoms with Crippen LogP contribution < -0.4 is 10.6 Å². The molecule has 23 heavy (non-hydrogen) atoms. The van der Waals surface area contributed by atoms with Crippen LogP contribution in [0.1, 0.15) is 52.0 Å². The molecule has 0 aliphatic heterocycles. The van der Waals surface area contributed by atoms with E-state index >= 15 is 0 Å². The zero-order valence-corrected chi connectivity index (χ0v) is 16.0. The van der Waals surface area contributed by atoms with Crippen molar-refractivity contribution < 1.29 is 9.53 Å². The highest BCUT2D eigenvalue weighted by atomic mass is 79.9. The lowest BCUT2D eigenvalue weighted by atomic mass is 9.91. The van der Waals surface area contributed by atoms with Crippen molar-refractivity contribution in [3.05, 3.63) is 28.2 Å². The first-order valence-corrected chi connectivity index (χ1v) is 9.04. The summed E-state index contributed by atoms with van der Waals surface area (Å²) in [7, 11) is 0. The van der Waals surface area contributed by atoms with E-state index in [1.165, 1.54) is 11.3 Å². The second-order valence-corrected chi connectivity index (χ2v) is 8.21. The lowest BCUT2D eigenvalue weighted by Gasteiger charge is -2.31. The number of halogens is 1. The Balaban J connectivity index is 1.80. The van der Waals surface area contributed by atoms with Gasteiger partial charge in [0.15, 0.2) is 0 Å². The first kappa shape index (κ1) is 18.1. The van der Waals surface area contributed by atoms with E-state index in [1.807, 2.05) is 20.8 Å². The largest absolute Gasteiger partial charge is 0.444 e. The van der Waals surface area contributed by atoms with Gasteiger partial charge < -0.3 is 15.4 Å². The van der Waals surface area contributed by atoms with E-state index in [9.17, 15) is 4.79 Å². The summed E-state index contributed by atoms with van der Waals surface area (Å²) in [4.78, 5) is 11.8. The summed E-state index contributed by atoms with van der Waals surface area (Å²) in [5.41, 5.74) is 1.99. The molecule has 1 aromatic rings. The van der Waals surface area contributed by atoms with Crippen molar-refractivity contribution in [3.63, 3.8) is 0 Å². The second kappa shape index (κ2) is 7.56. The minimum absolute atomic E-state index is 0.214. The van der Waals surface area contributed by atoms with Gasteiger partial charge in [-0.1, -0.05) is 22.0 Å². The Labute approximate surface area is 147 Å². The Morgan fingerprint density at radius 2 is 1.78 bits per heavy atom. The summed E-state index contributed by atoms with van der Waals surface area (Å²) >= 11 is 3.52. The molecule has 0 atom stereocenters. The molecule has 0 bridgehead atoms. The summed E-state index contributed by atoms with van der Waals surface area (Å²) in [6.07, 6.45) is 3.74. The monoisotopic (exact) mass is 382 g/mol. The Kier molecular flexibility index (Phi) is 5.95. The van der Waals surface area contributed by atoms with Gasteiger partial charge in [-0.3, -0.25) is 0 Å². The van der Waals surface area contributed by atoms with Crippen molar-refractivity contribution in [1.29, 1.82) is 0 Å². The van der Waals surface area contributed by atoms with E-state index in [2.05, 4.69) is 51.7 Å². The number of hydrogen-bond donors (Lipinski definition) is 2. The van der Waals surface area contributed by atoms with Crippen LogP contribution in [0.2, 0.25) is 0 Å². The second-order valence-electron chi connectivity index (χ2n) is 7.30. The molecule has 4 nitrogen and oxygen atoms in total. The number of ether oxygens (including phenoxy) is 1. The molecule has 0 radical (unpaired) electrons. The van der Waals surface area contributed by atoms with Gasteiger partial charge in [0.05, 0.1) is 0 Å². The van der Waals surface area contributed by atoms with Crippen molar-refractivity contribution in [2.45, 2.75) is 71.1 Å². The first-order chi connectivity index (χ1) is 10.7. The standard InChI is InChI=1S/C18H27BrN2O2/c1-12-5-6-13(19)11-16(12)20-14-7-9-15(10-8-14)21-17(22)23-18(2,3)4/h5-6,11,14-15,20H,7-10H2,1-4H3,(H,21,22). The number of rotatable bonds is 3. The lowest BCUT2D eigenvalue weighted by molar-refractivity contribution is 0.0492. The Bertz CT molecular complexity index is 546. The summed E-state index contributed by atoms with van der Waals surface area (Å²) in [6.45, 7) is 7.76. The van der Waals surface area contributed by atoms with Crippen LogP contribution in [0.15, 0.2) is 22.7 Å². The molecule has 1 aromatic carbocycles. The van der Waals surface area contributed by atoms with Crippen molar-refractivity contribution >= 4 is 27.7 Å². The topological polar surface area (TPSA) is 50.4 Å². The van der Waals surface area contributed by atoms with Crippen molar-refractivity contribution in [2.75, 3.05) is 5.32 Å². The predicted octanol–water partition coefficient (Wildman–Crippen LogP) is 5.01. The van der Waals surface area contributed by atoms with E-state index in [4.69, 9.17) is 4.74 Å². The average Bonchev–Trinajstić information content (AvgIpc) is 2.43. The minimum atomic E-state index is -0.443. The van der Waals surface area contributed by atoms with E-state index in [0.717, 1.165) is 30.2 Å². The van der Waals surface area contributed by atoms with Crippen LogP contribution in [0.3, 0.4) is 0 Å². The highest BCUT2D eigenvalue weighted by Crippen LogP contribution is 2.26. The Morgan fingerprint density at radius 3 is 2.39 bits per heavy atom. The van der Waals surface area contributed by atoms with Crippen LogP contribution in [0, 0.1) is 6.92 Å². The first-order valence-electron chi connectivity index (χ1n) is 8.25. The number of benzene rings is 1. The van der Waals surface area contributed by atoms with Crippen LogP contribution in [-0.4, -0.2) is 23.8 Å². The maximum absolute atomic E-state index is 11.8. The normalized spacial score (nSPS) is 21.6. The minimum Gasteiger partial charge on any atom is -0.444 e. The summed E-state index contributed by atoms with van der Waals surface area (Å²) in [5.74, 6) is 0. The zero-order chi connectivity index (χ0) is 17.0. The molecule has 0 heterocycles. The van der Waals surface area contributed by atoms with Crippen LogP contribution >= 0.6 is 15.9 Å². The summed E-state index contributed by atoms with van der Waals surface area (Å²) < 4.78 is 6.41. The summed E-state index contributed by atoms with van der Waals surface area (Å²) in [6, 6.07) is 6.97. The molecule has 1 aliphatic carbocycles. The zero-order valence-electron chi connectivity index (χ0n) is 14.4. The maximum atomic E-state index is 11.8. The Morgan fingerprint density at radius 1 is 1.17 bits per heavy atom. The molecule has 2 rings (SSSR count). The smallest absolute Gasteiger partial charge is 0.407 e. The number of carbonyl (C=O) groups excluding carboxylic acids is 1. The average molecular weight is 383 g/mol. The molecule has 128 valence electrons. The van der Waals surface area contributed by atoms with Gasteiger partial charge in [-0.15, -0.1) is 0 Å². The van der Waals surface area contributed by atoms with Crippen LogP contribution in [0.4, 0.5) is 10.5 Å². The number of aryl methyl sites for hydroxylation is 1. The molecule has 1 fully saturated rings. The number of alkyl carbamates (subject to hydrolysis) is 1. The van der Waals surface area contributed by atoms with Gasteiger partial charge in [0.2, 0.25) is 0 Å². The number of anilines is 1. The van der Waals surface area contributed by atoms with Gasteiger partial charge in [-0.05, 0) is 71.1 Å². The molecule has 1 aliphatic rings. The van der Waals surface area contributed by atoms with Gasteiger partial charge >= 0.3 is 6.09 Å². The fourth-order valence-electron chi connectivity index (χ4n) is 2.83. The number of hydrogen-bond acceptors (Lipinski definition) is 3. The molecule has 0 aromatic heterocycles. The quantitative estimate of drug-likeness (QED) is 0.772. The fourth-order valence-corrected chi connectivity index (χ4v) is 3.19. The molecular formula is C18H27BrN2O2. The molecule has 2 N–H and O–H groups in total. The SMILES string of the molecule is Cc1ccc(Br)cc1NC1CCC(NC(=O)OC(C)(C)C)CC1.